The van der Waals surface area contributed by atoms with E-state index in [4.69, 9.17) is 43.1 Å². The molecule has 0 aliphatic carbocycles. The highest BCUT2D eigenvalue weighted by molar-refractivity contribution is 6.31. The molecule has 11 nitrogen and oxygen atoms in total. The molecule has 2 N–H and O–H groups in total. The number of aromatic nitrogens is 4. The molecule has 0 radical (unpaired) electrons. The first-order valence-corrected chi connectivity index (χ1v) is 12.1. The number of nitrogens with two attached hydrogens (primary N) is 1. The highest BCUT2D eigenvalue weighted by Gasteiger charge is 2.41. The topological polar surface area (TPSA) is 149 Å². The molecule has 0 unspecified atom stereocenters. The zero-order valence-electron chi connectivity index (χ0n) is 19.5. The third-order valence-electron chi connectivity index (χ3n) is 5.87. The summed E-state index contributed by atoms with van der Waals surface area (Å²) in [5.41, 5.74) is 6.29. The van der Waals surface area contributed by atoms with Crippen molar-refractivity contribution in [2.45, 2.75) is 24.9 Å². The van der Waals surface area contributed by atoms with Crippen LogP contribution in [0.1, 0.15) is 33.4 Å². The maximum Gasteiger partial charge on any atom is 0.338 e. The van der Waals surface area contributed by atoms with Gasteiger partial charge in [-0.15, -0.1) is 0 Å². The fraction of sp³-hybridized carbons (Fsp3) is 0.200. The van der Waals surface area contributed by atoms with Gasteiger partial charge in [0.05, 0.1) is 17.3 Å². The minimum Gasteiger partial charge on any atom is -0.459 e. The maximum atomic E-state index is 12.9. The fourth-order valence-electron chi connectivity index (χ4n) is 4.00. The van der Waals surface area contributed by atoms with E-state index in [9.17, 15) is 14.4 Å². The highest BCUT2D eigenvalue weighted by Crippen LogP contribution is 2.33. The van der Waals surface area contributed by atoms with Gasteiger partial charge in [-0.2, -0.15) is 0 Å². The number of nitrogens with zero attached hydrogens (tertiary/aromatic N) is 4. The molecular weight excluding hydrogens is 537 g/mol. The molecule has 2 aromatic heterocycles. The first-order valence-electron chi connectivity index (χ1n) is 11.3. The number of hydrogen-bond acceptors (Lipinski definition) is 10. The Bertz CT molecular complexity index is 1560. The van der Waals surface area contributed by atoms with Gasteiger partial charge in [-0.25, -0.2) is 24.5 Å². The van der Waals surface area contributed by atoms with E-state index in [2.05, 4.69) is 15.0 Å². The van der Waals surface area contributed by atoms with E-state index in [-0.39, 0.29) is 41.1 Å². The van der Waals surface area contributed by atoms with E-state index in [1.54, 1.807) is 24.3 Å². The lowest BCUT2D eigenvalue weighted by Crippen LogP contribution is -2.32. The number of ether oxygens (including phenoxy) is 3. The molecular formula is C25H19Cl2N5O6. The van der Waals surface area contributed by atoms with Crippen LogP contribution in [0.4, 0.5) is 5.82 Å². The van der Waals surface area contributed by atoms with E-state index >= 15 is 0 Å². The molecule has 1 saturated heterocycles. The van der Waals surface area contributed by atoms with Crippen LogP contribution in [-0.2, 0) is 14.2 Å². The van der Waals surface area contributed by atoms with Crippen LogP contribution in [0.5, 0.6) is 0 Å². The SMILES string of the molecule is Nc1ncnc2c1ncc(=O)n2[C@@H]1C[C@H](OC(=O)c2ccc(Cl)cc2)[C@@H](COC(=O)c2ccc(Cl)cc2)O1. The monoisotopic (exact) mass is 555 g/mol. The van der Waals surface area contributed by atoms with E-state index < -0.39 is 35.9 Å². The van der Waals surface area contributed by atoms with E-state index in [1.165, 1.54) is 35.2 Å². The van der Waals surface area contributed by atoms with Crippen LogP contribution in [0, 0.1) is 0 Å². The molecule has 3 atom stereocenters. The molecule has 38 heavy (non-hydrogen) atoms. The summed E-state index contributed by atoms with van der Waals surface area (Å²) in [6.07, 6.45) is -0.366. The molecule has 4 aromatic rings. The molecule has 3 heterocycles. The van der Waals surface area contributed by atoms with Gasteiger partial charge in [0.25, 0.3) is 5.56 Å². The van der Waals surface area contributed by atoms with Crippen LogP contribution in [0.2, 0.25) is 10.0 Å². The van der Waals surface area contributed by atoms with Crippen molar-refractivity contribution < 1.29 is 23.8 Å². The number of halogens is 2. The number of rotatable bonds is 6. The van der Waals surface area contributed by atoms with Gasteiger partial charge in [-0.1, -0.05) is 23.2 Å². The van der Waals surface area contributed by atoms with Crippen LogP contribution >= 0.6 is 23.2 Å². The van der Waals surface area contributed by atoms with Crippen molar-refractivity contribution in [2.75, 3.05) is 12.3 Å². The molecule has 1 fully saturated rings. The van der Waals surface area contributed by atoms with Gasteiger partial charge >= 0.3 is 11.9 Å². The van der Waals surface area contributed by atoms with Crippen molar-refractivity contribution in [3.63, 3.8) is 0 Å². The van der Waals surface area contributed by atoms with Crippen molar-refractivity contribution in [2.24, 2.45) is 0 Å². The second-order valence-corrected chi connectivity index (χ2v) is 9.19. The highest BCUT2D eigenvalue weighted by atomic mass is 35.5. The number of esters is 2. The lowest BCUT2D eigenvalue weighted by atomic mass is 10.1. The minimum atomic E-state index is -0.926. The van der Waals surface area contributed by atoms with Gasteiger partial charge in [-0.05, 0) is 48.5 Å². The fourth-order valence-corrected chi connectivity index (χ4v) is 4.25. The average molecular weight is 556 g/mol. The van der Waals surface area contributed by atoms with Gasteiger partial charge in [-0.3, -0.25) is 9.36 Å². The van der Waals surface area contributed by atoms with Crippen LogP contribution in [0.25, 0.3) is 11.2 Å². The Labute approximate surface area is 225 Å². The molecule has 5 rings (SSSR count). The summed E-state index contributed by atoms with van der Waals surface area (Å²) in [5, 5.41) is 0.931. The van der Waals surface area contributed by atoms with Crippen molar-refractivity contribution >= 4 is 52.1 Å². The molecule has 0 saturated carbocycles. The second-order valence-electron chi connectivity index (χ2n) is 8.32. The second kappa shape index (κ2) is 10.7. The van der Waals surface area contributed by atoms with Gasteiger partial charge in [0.1, 0.15) is 36.9 Å². The van der Waals surface area contributed by atoms with E-state index in [1.807, 2.05) is 0 Å². The number of fused-ring (bicyclic) bond motifs is 1. The van der Waals surface area contributed by atoms with Crippen molar-refractivity contribution in [1.29, 1.82) is 0 Å². The van der Waals surface area contributed by atoms with Gasteiger partial charge in [0, 0.05) is 16.5 Å². The number of nitrogen functional groups attached to an aromatic ring is 1. The summed E-state index contributed by atoms with van der Waals surface area (Å²) >= 11 is 11.8. The molecule has 0 spiro atoms. The molecule has 194 valence electrons. The zero-order valence-corrected chi connectivity index (χ0v) is 21.0. The van der Waals surface area contributed by atoms with E-state index in [0.29, 0.717) is 10.0 Å². The Morgan fingerprint density at radius 2 is 1.61 bits per heavy atom. The average Bonchev–Trinajstić information content (AvgIpc) is 3.29. The minimum absolute atomic E-state index is 0.0609. The lowest BCUT2D eigenvalue weighted by molar-refractivity contribution is -0.0570. The standard InChI is InChI=1S/C25H19Cl2N5O6/c26-15-5-1-13(2-6-15)24(34)36-11-18-17(38-25(35)14-3-7-16(27)8-4-14)9-20(37-18)32-19(33)10-29-21-22(28)30-12-31-23(21)32/h1-8,10,12,17-18,20H,9,11H2,(H2,28,30,31)/t17-,18+,20-/m0/s1. The quantitative estimate of drug-likeness (QED) is 0.350. The number of anilines is 1. The number of hydrogen-bond donors (Lipinski definition) is 1. The molecule has 2 aromatic carbocycles. The Morgan fingerprint density at radius 1 is 0.974 bits per heavy atom. The summed E-state index contributed by atoms with van der Waals surface area (Å²) in [7, 11) is 0. The van der Waals surface area contributed by atoms with Gasteiger partial charge in [0.2, 0.25) is 0 Å². The molecule has 0 bridgehead atoms. The molecule has 1 aliphatic heterocycles. The molecule has 0 amide bonds. The zero-order chi connectivity index (χ0) is 26.8. The predicted molar refractivity (Wildman–Crippen MR) is 137 cm³/mol. The normalized spacial score (nSPS) is 18.8. The van der Waals surface area contributed by atoms with Gasteiger partial charge in [0.15, 0.2) is 11.5 Å². The van der Waals surface area contributed by atoms with Crippen molar-refractivity contribution in [3.8, 4) is 0 Å². The number of carbonyl (C=O) groups excluding carboxylic acids is 2. The summed E-state index contributed by atoms with van der Waals surface area (Å²) in [6.45, 7) is -0.259. The maximum absolute atomic E-state index is 12.9. The largest absolute Gasteiger partial charge is 0.459 e. The third-order valence-corrected chi connectivity index (χ3v) is 6.37. The van der Waals surface area contributed by atoms with Crippen LogP contribution in [-0.4, -0.2) is 50.3 Å². The predicted octanol–water partition coefficient (Wildman–Crippen LogP) is 3.45. The lowest BCUT2D eigenvalue weighted by Gasteiger charge is -2.19. The first kappa shape index (κ1) is 25.6. The van der Waals surface area contributed by atoms with Crippen LogP contribution in [0.3, 0.4) is 0 Å². The van der Waals surface area contributed by atoms with Crippen LogP contribution < -0.4 is 11.3 Å². The Morgan fingerprint density at radius 3 is 2.26 bits per heavy atom. The Kier molecular flexibility index (Phi) is 7.23. The number of benzene rings is 2. The summed E-state index contributed by atoms with van der Waals surface area (Å²) in [5.74, 6) is -1.17. The first-order chi connectivity index (χ1) is 18.3. The number of carbonyl (C=O) groups is 2. The van der Waals surface area contributed by atoms with Crippen molar-refractivity contribution in [3.05, 3.63) is 92.6 Å². The summed E-state index contributed by atoms with van der Waals surface area (Å²) in [6, 6.07) is 12.3. The Balaban J connectivity index is 1.41. The molecule has 1 aliphatic rings. The third kappa shape index (κ3) is 5.30. The van der Waals surface area contributed by atoms with Crippen LogP contribution in [0.15, 0.2) is 65.8 Å². The smallest absolute Gasteiger partial charge is 0.338 e. The van der Waals surface area contributed by atoms with E-state index in [0.717, 1.165) is 6.20 Å². The summed E-state index contributed by atoms with van der Waals surface area (Å²) in [4.78, 5) is 50.3. The molecule has 13 heteroatoms. The van der Waals surface area contributed by atoms with Gasteiger partial charge < -0.3 is 19.9 Å². The summed E-state index contributed by atoms with van der Waals surface area (Å²) < 4.78 is 18.5. The van der Waals surface area contributed by atoms with Crippen molar-refractivity contribution in [1.82, 2.24) is 19.5 Å². The Hall–Kier alpha value is -4.06.